The Morgan fingerprint density at radius 3 is 2.65 bits per heavy atom. The highest BCUT2D eigenvalue weighted by Crippen LogP contribution is 2.25. The van der Waals surface area contributed by atoms with E-state index in [1.807, 2.05) is 4.90 Å². The maximum absolute atomic E-state index is 12.6. The van der Waals surface area contributed by atoms with Crippen molar-refractivity contribution in [1.29, 1.82) is 0 Å². The van der Waals surface area contributed by atoms with Crippen molar-refractivity contribution in [3.8, 4) is 11.5 Å². The van der Waals surface area contributed by atoms with Gasteiger partial charge in [0, 0.05) is 19.5 Å². The van der Waals surface area contributed by atoms with Crippen molar-refractivity contribution in [2.24, 2.45) is 0 Å². The van der Waals surface area contributed by atoms with Gasteiger partial charge in [0.1, 0.15) is 0 Å². The number of amides is 1. The zero-order valence-electron chi connectivity index (χ0n) is 12.6. The minimum Gasteiger partial charge on any atom is -0.481 e. The van der Waals surface area contributed by atoms with Crippen LogP contribution in [-0.4, -0.2) is 45.2 Å². The summed E-state index contributed by atoms with van der Waals surface area (Å²) in [6, 6.07) is 7.11. The summed E-state index contributed by atoms with van der Waals surface area (Å²) in [5.41, 5.74) is 1.11. The second kappa shape index (κ2) is 6.60. The van der Waals surface area contributed by atoms with Crippen LogP contribution in [0, 0.1) is 0 Å². The maximum Gasteiger partial charge on any atom is 0.303 e. The van der Waals surface area contributed by atoms with Gasteiger partial charge < -0.3 is 14.4 Å². The minimum absolute atomic E-state index is 0.0385. The molecule has 0 saturated carbocycles. The first-order valence-corrected chi connectivity index (χ1v) is 7.58. The molecule has 0 bridgehead atoms. The average molecular weight is 315 g/mol. The first kappa shape index (κ1) is 15.2. The van der Waals surface area contributed by atoms with Crippen molar-refractivity contribution >= 4 is 11.9 Å². The van der Waals surface area contributed by atoms with Crippen molar-refractivity contribution < 1.29 is 19.1 Å². The van der Waals surface area contributed by atoms with Crippen LogP contribution in [0.5, 0.6) is 0 Å². The normalized spacial score (nSPS) is 14.2. The zero-order chi connectivity index (χ0) is 16.2. The lowest BCUT2D eigenvalue weighted by molar-refractivity contribution is -0.137. The molecular formula is C16H17N3O4. The number of hydrogen-bond donors (Lipinski definition) is 1. The van der Waals surface area contributed by atoms with Crippen molar-refractivity contribution in [3.05, 3.63) is 35.7 Å². The Labute approximate surface area is 132 Å². The topological polar surface area (TPSA) is 96.5 Å². The number of aliphatic carboxylic acids is 1. The lowest BCUT2D eigenvalue weighted by Gasteiger charge is -2.16. The van der Waals surface area contributed by atoms with E-state index in [4.69, 9.17) is 9.52 Å². The van der Waals surface area contributed by atoms with Crippen LogP contribution in [0.15, 0.2) is 28.7 Å². The molecule has 0 aliphatic carbocycles. The van der Waals surface area contributed by atoms with Gasteiger partial charge in [-0.25, -0.2) is 0 Å². The quantitative estimate of drug-likeness (QED) is 0.906. The Bertz CT molecular complexity index is 720. The molecule has 120 valence electrons. The predicted molar refractivity (Wildman–Crippen MR) is 80.8 cm³/mol. The van der Waals surface area contributed by atoms with Gasteiger partial charge in [-0.3, -0.25) is 9.59 Å². The first-order valence-electron chi connectivity index (χ1n) is 7.58. The molecule has 0 atom stereocenters. The molecule has 1 fully saturated rings. The molecule has 1 aromatic heterocycles. The van der Waals surface area contributed by atoms with Crippen LogP contribution in [0.4, 0.5) is 0 Å². The van der Waals surface area contributed by atoms with E-state index in [0.717, 1.165) is 25.9 Å². The number of carboxylic acid groups (broad SMARTS) is 1. The van der Waals surface area contributed by atoms with Crippen molar-refractivity contribution in [1.82, 2.24) is 15.1 Å². The molecule has 2 aromatic rings. The highest BCUT2D eigenvalue weighted by Gasteiger charge is 2.24. The molecule has 1 N–H and O–H groups in total. The maximum atomic E-state index is 12.6. The highest BCUT2D eigenvalue weighted by molar-refractivity contribution is 6.00. The summed E-state index contributed by atoms with van der Waals surface area (Å²) in [5.74, 6) is -0.461. The molecule has 1 amide bonds. The largest absolute Gasteiger partial charge is 0.481 e. The molecule has 0 unspecified atom stereocenters. The molecule has 3 rings (SSSR count). The Morgan fingerprint density at radius 1 is 1.17 bits per heavy atom. The number of aromatic nitrogens is 2. The van der Waals surface area contributed by atoms with Gasteiger partial charge in [-0.1, -0.05) is 12.1 Å². The fourth-order valence-electron chi connectivity index (χ4n) is 2.62. The number of hydrogen-bond acceptors (Lipinski definition) is 5. The van der Waals surface area contributed by atoms with E-state index < -0.39 is 5.97 Å². The fraction of sp³-hybridized carbons (Fsp3) is 0.375. The van der Waals surface area contributed by atoms with Crippen LogP contribution in [0.1, 0.15) is 35.5 Å². The zero-order valence-corrected chi connectivity index (χ0v) is 12.6. The number of benzene rings is 1. The Morgan fingerprint density at radius 2 is 1.91 bits per heavy atom. The van der Waals surface area contributed by atoms with E-state index in [0.29, 0.717) is 11.1 Å². The molecule has 0 spiro atoms. The van der Waals surface area contributed by atoms with Crippen LogP contribution >= 0.6 is 0 Å². The Kier molecular flexibility index (Phi) is 4.36. The summed E-state index contributed by atoms with van der Waals surface area (Å²) >= 11 is 0. The standard InChI is InChI=1S/C16H17N3O4/c20-14(21)8-7-13-17-18-15(23-13)11-5-1-2-6-12(11)16(22)19-9-3-4-10-19/h1-2,5-6H,3-4,7-10H2,(H,20,21). The third-order valence-electron chi connectivity index (χ3n) is 3.80. The van der Waals surface area contributed by atoms with Crippen LogP contribution in [0.25, 0.3) is 11.5 Å². The summed E-state index contributed by atoms with van der Waals surface area (Å²) in [5, 5.41) is 16.5. The van der Waals surface area contributed by atoms with E-state index in [9.17, 15) is 9.59 Å². The van der Waals surface area contributed by atoms with E-state index in [-0.39, 0.29) is 30.5 Å². The van der Waals surface area contributed by atoms with Gasteiger partial charge in [-0.2, -0.15) is 0 Å². The number of carbonyl (C=O) groups is 2. The molecule has 1 aromatic carbocycles. The molecule has 2 heterocycles. The highest BCUT2D eigenvalue weighted by atomic mass is 16.4. The number of carbonyl (C=O) groups excluding carboxylic acids is 1. The monoisotopic (exact) mass is 315 g/mol. The lowest BCUT2D eigenvalue weighted by atomic mass is 10.1. The van der Waals surface area contributed by atoms with Crippen LogP contribution in [-0.2, 0) is 11.2 Å². The van der Waals surface area contributed by atoms with Crippen molar-refractivity contribution in [2.45, 2.75) is 25.7 Å². The minimum atomic E-state index is -0.922. The van der Waals surface area contributed by atoms with Gasteiger partial charge in [0.15, 0.2) is 0 Å². The smallest absolute Gasteiger partial charge is 0.303 e. The van der Waals surface area contributed by atoms with Gasteiger partial charge in [-0.15, -0.1) is 10.2 Å². The second-order valence-electron chi connectivity index (χ2n) is 5.44. The number of carboxylic acids is 1. The molecule has 7 heteroatoms. The molecule has 1 aliphatic heterocycles. The van der Waals surface area contributed by atoms with E-state index >= 15 is 0 Å². The molecule has 1 aliphatic rings. The molecular weight excluding hydrogens is 298 g/mol. The summed E-state index contributed by atoms with van der Waals surface area (Å²) < 4.78 is 5.52. The number of aryl methyl sites for hydroxylation is 1. The lowest BCUT2D eigenvalue weighted by Crippen LogP contribution is -2.28. The van der Waals surface area contributed by atoms with Gasteiger partial charge >= 0.3 is 5.97 Å². The fourth-order valence-corrected chi connectivity index (χ4v) is 2.62. The Hall–Kier alpha value is -2.70. The van der Waals surface area contributed by atoms with Gasteiger partial charge in [0.2, 0.25) is 11.8 Å². The molecule has 23 heavy (non-hydrogen) atoms. The van der Waals surface area contributed by atoms with Crippen LogP contribution < -0.4 is 0 Å². The number of rotatable bonds is 5. The average Bonchev–Trinajstić information content (AvgIpc) is 3.24. The Balaban J connectivity index is 1.85. The summed E-state index contributed by atoms with van der Waals surface area (Å²) in [7, 11) is 0. The van der Waals surface area contributed by atoms with Gasteiger partial charge in [0.05, 0.1) is 17.5 Å². The van der Waals surface area contributed by atoms with E-state index in [1.165, 1.54) is 0 Å². The molecule has 7 nitrogen and oxygen atoms in total. The summed E-state index contributed by atoms with van der Waals surface area (Å²) in [6.07, 6.45) is 2.14. The summed E-state index contributed by atoms with van der Waals surface area (Å²) in [6.45, 7) is 1.53. The molecule has 1 saturated heterocycles. The molecule has 0 radical (unpaired) electrons. The van der Waals surface area contributed by atoms with E-state index in [2.05, 4.69) is 10.2 Å². The van der Waals surface area contributed by atoms with Crippen LogP contribution in [0.2, 0.25) is 0 Å². The predicted octanol–water partition coefficient (Wildman–Crippen LogP) is 1.99. The summed E-state index contributed by atoms with van der Waals surface area (Å²) in [4.78, 5) is 25.0. The number of likely N-dealkylation sites (tertiary alicyclic amines) is 1. The van der Waals surface area contributed by atoms with Gasteiger partial charge in [0.25, 0.3) is 5.91 Å². The van der Waals surface area contributed by atoms with E-state index in [1.54, 1.807) is 24.3 Å². The first-order chi connectivity index (χ1) is 11.1. The number of nitrogens with zero attached hydrogens (tertiary/aromatic N) is 3. The SMILES string of the molecule is O=C(O)CCc1nnc(-c2ccccc2C(=O)N2CCCC2)o1. The van der Waals surface area contributed by atoms with Crippen molar-refractivity contribution in [2.75, 3.05) is 13.1 Å². The third kappa shape index (κ3) is 3.39. The van der Waals surface area contributed by atoms with Crippen LogP contribution in [0.3, 0.4) is 0 Å². The second-order valence-corrected chi connectivity index (χ2v) is 5.44. The van der Waals surface area contributed by atoms with Gasteiger partial charge in [-0.05, 0) is 25.0 Å². The third-order valence-corrected chi connectivity index (χ3v) is 3.80. The van der Waals surface area contributed by atoms with Crippen molar-refractivity contribution in [3.63, 3.8) is 0 Å².